The van der Waals surface area contributed by atoms with Gasteiger partial charge < -0.3 is 18.8 Å². The summed E-state index contributed by atoms with van der Waals surface area (Å²) in [6.45, 7) is 7.98. The molecule has 4 heterocycles. The first-order valence-electron chi connectivity index (χ1n) is 14.8. The number of aryl methyl sites for hydroxylation is 1. The number of fused-ring (bicyclic) bond motifs is 2. The van der Waals surface area contributed by atoms with Crippen molar-refractivity contribution in [3.05, 3.63) is 132 Å². The number of carbonyl (C=O) groups excluding carboxylic acids is 1. The van der Waals surface area contributed by atoms with Crippen LogP contribution < -0.4 is 24.4 Å². The van der Waals surface area contributed by atoms with Crippen molar-refractivity contribution >= 4 is 23.4 Å². The molecule has 8 nitrogen and oxygen atoms in total. The first-order chi connectivity index (χ1) is 21.8. The second-order valence-corrected chi connectivity index (χ2v) is 12.0. The van der Waals surface area contributed by atoms with Crippen LogP contribution in [0.5, 0.6) is 11.5 Å². The molecule has 0 N–H and O–H groups in total. The molecule has 2 aliphatic heterocycles. The summed E-state index contributed by atoms with van der Waals surface area (Å²) in [5.74, 6) is 0.684. The molecule has 0 saturated heterocycles. The summed E-state index contributed by atoms with van der Waals surface area (Å²) in [6.07, 6.45) is 1.92. The molecule has 9 heteroatoms. The minimum Gasteiger partial charge on any atom is -0.463 e. The van der Waals surface area contributed by atoms with Gasteiger partial charge in [0.1, 0.15) is 0 Å². The van der Waals surface area contributed by atoms with Crippen molar-refractivity contribution in [2.45, 2.75) is 33.7 Å². The van der Waals surface area contributed by atoms with E-state index >= 15 is 0 Å². The lowest BCUT2D eigenvalue weighted by molar-refractivity contribution is -0.139. The zero-order chi connectivity index (χ0) is 31.2. The Kier molecular flexibility index (Phi) is 7.25. The van der Waals surface area contributed by atoms with Crippen molar-refractivity contribution in [3.63, 3.8) is 0 Å². The normalized spacial score (nSPS) is 15.6. The number of allylic oxidation sites excluding steroid dienone is 1. The van der Waals surface area contributed by atoms with Crippen LogP contribution in [-0.2, 0) is 9.53 Å². The maximum atomic E-state index is 14.2. The predicted octanol–water partition coefficient (Wildman–Crippen LogP) is 5.60. The molecular formula is C36H31N3O5S. The van der Waals surface area contributed by atoms with Crippen LogP contribution in [0, 0.1) is 13.8 Å². The van der Waals surface area contributed by atoms with Crippen LogP contribution in [0.3, 0.4) is 0 Å². The van der Waals surface area contributed by atoms with Gasteiger partial charge in [0.05, 0.1) is 28.5 Å². The molecule has 5 aromatic rings. The third kappa shape index (κ3) is 4.99. The summed E-state index contributed by atoms with van der Waals surface area (Å²) in [4.78, 5) is 32.6. The standard InChI is InChI=1S/C36H31N3O5S/c1-5-42-35(41)32-22(3)37-36-39(33(32)26-13-16-29-30(18-26)44-20-43-29)34(40)31(45-36)19-27-17-21(2)38(23(27)4)28-14-11-25(12-15-28)24-9-7-6-8-10-24/h6-19,33H,5,20H2,1-4H3/b31-19-/t33-/m0/s1. The summed E-state index contributed by atoms with van der Waals surface area (Å²) in [6, 6.07) is 25.6. The third-order valence-corrected chi connectivity index (χ3v) is 9.20. The fraction of sp³-hybridized carbons (Fsp3) is 0.194. The maximum absolute atomic E-state index is 14.2. The number of nitrogens with zero attached hydrogens (tertiary/aromatic N) is 3. The van der Waals surface area contributed by atoms with Crippen molar-refractivity contribution < 1.29 is 19.0 Å². The topological polar surface area (TPSA) is 84.1 Å². The van der Waals surface area contributed by atoms with E-state index in [1.807, 2.05) is 36.4 Å². The number of hydrogen-bond donors (Lipinski definition) is 0. The molecule has 0 aliphatic carbocycles. The number of carbonyl (C=O) groups is 1. The smallest absolute Gasteiger partial charge is 0.338 e. The molecular weight excluding hydrogens is 586 g/mol. The van der Waals surface area contributed by atoms with Crippen LogP contribution in [0.4, 0.5) is 0 Å². The van der Waals surface area contributed by atoms with Crippen LogP contribution in [0.2, 0.25) is 0 Å². The molecule has 2 aliphatic rings. The maximum Gasteiger partial charge on any atom is 0.338 e. The van der Waals surface area contributed by atoms with Crippen LogP contribution in [-0.4, -0.2) is 28.5 Å². The highest BCUT2D eigenvalue weighted by Gasteiger charge is 2.34. The average molecular weight is 618 g/mol. The molecule has 0 bridgehead atoms. The number of thiazole rings is 1. The number of benzene rings is 3. The summed E-state index contributed by atoms with van der Waals surface area (Å²) < 4.78 is 20.9. The lowest BCUT2D eigenvalue weighted by Crippen LogP contribution is -2.39. The Balaban J connectivity index is 1.32. The van der Waals surface area contributed by atoms with Gasteiger partial charge in [-0.3, -0.25) is 9.36 Å². The van der Waals surface area contributed by atoms with Gasteiger partial charge in [0.2, 0.25) is 6.79 Å². The molecule has 45 heavy (non-hydrogen) atoms. The largest absolute Gasteiger partial charge is 0.463 e. The van der Waals surface area contributed by atoms with Gasteiger partial charge in [0.15, 0.2) is 16.3 Å². The highest BCUT2D eigenvalue weighted by molar-refractivity contribution is 7.07. The Labute approximate surface area is 263 Å². The minimum absolute atomic E-state index is 0.122. The van der Waals surface area contributed by atoms with E-state index in [2.05, 4.69) is 60.9 Å². The Hall–Kier alpha value is -5.15. The van der Waals surface area contributed by atoms with E-state index in [9.17, 15) is 9.59 Å². The van der Waals surface area contributed by atoms with Gasteiger partial charge in [-0.2, -0.15) is 0 Å². The lowest BCUT2D eigenvalue weighted by Gasteiger charge is -2.24. The zero-order valence-electron chi connectivity index (χ0n) is 25.4. The van der Waals surface area contributed by atoms with Crippen LogP contribution in [0.15, 0.2) is 99.9 Å². The summed E-state index contributed by atoms with van der Waals surface area (Å²) >= 11 is 1.31. The molecule has 1 atom stereocenters. The van der Waals surface area contributed by atoms with Gasteiger partial charge in [-0.1, -0.05) is 59.9 Å². The number of ether oxygens (including phenoxy) is 3. The predicted molar refractivity (Wildman–Crippen MR) is 174 cm³/mol. The number of aromatic nitrogens is 2. The molecule has 0 radical (unpaired) electrons. The summed E-state index contributed by atoms with van der Waals surface area (Å²) in [5, 5.41) is 0. The zero-order valence-corrected chi connectivity index (χ0v) is 26.2. The van der Waals surface area contributed by atoms with E-state index in [4.69, 9.17) is 19.2 Å². The molecule has 2 aromatic heterocycles. The molecule has 226 valence electrons. The lowest BCUT2D eigenvalue weighted by atomic mass is 9.95. The minimum atomic E-state index is -0.729. The molecule has 7 rings (SSSR count). The number of esters is 1. The van der Waals surface area contributed by atoms with Gasteiger partial charge >= 0.3 is 5.97 Å². The molecule has 0 fully saturated rings. The van der Waals surface area contributed by atoms with Gasteiger partial charge in [-0.05, 0) is 86.4 Å². The highest BCUT2D eigenvalue weighted by Crippen LogP contribution is 2.38. The quantitative estimate of drug-likeness (QED) is 0.232. The Morgan fingerprint density at radius 1 is 0.978 bits per heavy atom. The van der Waals surface area contributed by atoms with Gasteiger partial charge in [0.25, 0.3) is 5.56 Å². The second-order valence-electron chi connectivity index (χ2n) is 11.0. The first-order valence-corrected chi connectivity index (χ1v) is 15.6. The summed E-state index contributed by atoms with van der Waals surface area (Å²) in [5.41, 5.74) is 7.69. The highest BCUT2D eigenvalue weighted by atomic mass is 32.1. The SMILES string of the molecule is CCOC(=O)C1=C(C)N=c2s/c(=C\c3cc(C)n(-c4ccc(-c5ccccc5)cc4)c3C)c(=O)n2[C@H]1c1ccc2c(c1)OCO2. The van der Waals surface area contributed by atoms with Gasteiger partial charge in [-0.25, -0.2) is 9.79 Å². The monoisotopic (exact) mass is 617 g/mol. The Morgan fingerprint density at radius 2 is 1.71 bits per heavy atom. The van der Waals surface area contributed by atoms with E-state index in [0.29, 0.717) is 37.7 Å². The van der Waals surface area contributed by atoms with Crippen molar-refractivity contribution in [2.24, 2.45) is 4.99 Å². The number of hydrogen-bond acceptors (Lipinski definition) is 7. The average Bonchev–Trinajstić information content (AvgIpc) is 3.72. The fourth-order valence-electron chi connectivity index (χ4n) is 6.10. The van der Waals surface area contributed by atoms with E-state index in [-0.39, 0.29) is 19.0 Å². The molecule has 3 aromatic carbocycles. The van der Waals surface area contributed by atoms with Crippen molar-refractivity contribution in [3.8, 4) is 28.3 Å². The second kappa shape index (κ2) is 11.4. The van der Waals surface area contributed by atoms with Crippen LogP contribution in [0.1, 0.15) is 42.4 Å². The summed E-state index contributed by atoms with van der Waals surface area (Å²) in [7, 11) is 0. The van der Waals surface area contributed by atoms with E-state index in [1.54, 1.807) is 24.5 Å². The Bertz CT molecular complexity index is 2170. The third-order valence-electron chi connectivity index (χ3n) is 8.22. The van der Waals surface area contributed by atoms with Crippen LogP contribution in [0.25, 0.3) is 22.9 Å². The molecule has 0 unspecified atom stereocenters. The fourth-order valence-corrected chi connectivity index (χ4v) is 7.13. The van der Waals surface area contributed by atoms with Gasteiger partial charge in [-0.15, -0.1) is 0 Å². The van der Waals surface area contributed by atoms with E-state index in [0.717, 1.165) is 28.2 Å². The first kappa shape index (κ1) is 28.6. The van der Waals surface area contributed by atoms with Crippen molar-refractivity contribution in [2.75, 3.05) is 13.4 Å². The van der Waals surface area contributed by atoms with E-state index in [1.165, 1.54) is 16.9 Å². The molecule has 0 amide bonds. The van der Waals surface area contributed by atoms with Gasteiger partial charge in [0, 0.05) is 17.1 Å². The molecule has 0 spiro atoms. The van der Waals surface area contributed by atoms with Crippen molar-refractivity contribution in [1.82, 2.24) is 9.13 Å². The van der Waals surface area contributed by atoms with Crippen molar-refractivity contribution in [1.29, 1.82) is 0 Å². The van der Waals surface area contributed by atoms with E-state index < -0.39 is 12.0 Å². The van der Waals surface area contributed by atoms with Crippen LogP contribution >= 0.6 is 11.3 Å². The Morgan fingerprint density at radius 3 is 2.47 bits per heavy atom. The number of rotatable bonds is 6. The molecule has 0 saturated carbocycles.